The molecule has 1 aliphatic rings. The van der Waals surface area contributed by atoms with Crippen molar-refractivity contribution in [3.05, 3.63) is 71.0 Å². The Labute approximate surface area is 209 Å². The average Bonchev–Trinajstić information content (AvgIpc) is 2.81. The van der Waals surface area contributed by atoms with Crippen LogP contribution in [0.15, 0.2) is 42.5 Å². The van der Waals surface area contributed by atoms with E-state index < -0.39 is 83.9 Å². The molecule has 0 saturated carbocycles. The molecule has 1 heterocycles. The summed E-state index contributed by atoms with van der Waals surface area (Å²) in [7, 11) is 0. The van der Waals surface area contributed by atoms with Gasteiger partial charge in [-0.15, -0.1) is 0 Å². The predicted molar refractivity (Wildman–Crippen MR) is 121 cm³/mol. The lowest BCUT2D eigenvalue weighted by atomic mass is 9.81. The zero-order valence-electron chi connectivity index (χ0n) is 19.9. The van der Waals surface area contributed by atoms with Crippen LogP contribution < -0.4 is 10.6 Å². The van der Waals surface area contributed by atoms with Crippen molar-refractivity contribution >= 4 is 17.7 Å². The summed E-state index contributed by atoms with van der Waals surface area (Å²) in [6.45, 7) is 0.592. The monoisotopic (exact) mass is 529 g/mol. The predicted octanol–water partition coefficient (Wildman–Crippen LogP) is 3.60. The summed E-state index contributed by atoms with van der Waals surface area (Å²) in [5, 5.41) is 4.77. The van der Waals surface area contributed by atoms with Crippen LogP contribution in [-0.2, 0) is 20.8 Å². The molecule has 0 radical (unpaired) electrons. The minimum Gasteiger partial charge on any atom is -0.344 e. The summed E-state index contributed by atoms with van der Waals surface area (Å²) in [4.78, 5) is 38.2. The van der Waals surface area contributed by atoms with E-state index in [-0.39, 0.29) is 6.42 Å². The van der Waals surface area contributed by atoms with E-state index in [1.165, 1.54) is 6.92 Å². The van der Waals surface area contributed by atoms with Crippen LogP contribution in [-0.4, -0.2) is 53.5 Å². The van der Waals surface area contributed by atoms with Gasteiger partial charge in [-0.2, -0.15) is 13.2 Å². The van der Waals surface area contributed by atoms with Crippen LogP contribution in [0, 0.1) is 17.5 Å². The molecule has 3 rings (SSSR count). The highest BCUT2D eigenvalue weighted by atomic mass is 19.4. The van der Waals surface area contributed by atoms with E-state index in [4.69, 9.17) is 0 Å². The van der Waals surface area contributed by atoms with Crippen molar-refractivity contribution in [1.82, 2.24) is 15.5 Å². The SMILES string of the molecule is CC(=O)N[C@@H](Cc1ccccc1)C(=O)N[C@H]1C[C@@H](c2c(F)ccc(F)c2F)[C@@H](C)N(CC(F)(F)F)C1=O. The maximum Gasteiger partial charge on any atom is 0.406 e. The van der Waals surface area contributed by atoms with Gasteiger partial charge in [0.05, 0.1) is 0 Å². The Bertz CT molecular complexity index is 1160. The van der Waals surface area contributed by atoms with Crippen LogP contribution >= 0.6 is 0 Å². The highest BCUT2D eigenvalue weighted by molar-refractivity contribution is 5.92. The quantitative estimate of drug-likeness (QED) is 0.425. The van der Waals surface area contributed by atoms with Crippen molar-refractivity contribution in [1.29, 1.82) is 0 Å². The third kappa shape index (κ3) is 6.80. The number of nitrogens with zero attached hydrogens (tertiary/aromatic N) is 1. The summed E-state index contributed by atoms with van der Waals surface area (Å²) in [6, 6.07) is 5.51. The summed E-state index contributed by atoms with van der Waals surface area (Å²) >= 11 is 0. The third-order valence-corrected chi connectivity index (χ3v) is 6.24. The van der Waals surface area contributed by atoms with E-state index >= 15 is 0 Å². The molecule has 2 aromatic rings. The molecular weight excluding hydrogens is 504 g/mol. The van der Waals surface area contributed by atoms with Crippen LogP contribution in [0.25, 0.3) is 0 Å². The zero-order chi connectivity index (χ0) is 27.5. The molecule has 2 N–H and O–H groups in total. The van der Waals surface area contributed by atoms with Gasteiger partial charge in [-0.1, -0.05) is 30.3 Å². The minimum atomic E-state index is -4.86. The first kappa shape index (κ1) is 28.0. The van der Waals surface area contributed by atoms with Crippen molar-refractivity contribution in [2.45, 2.75) is 56.9 Å². The van der Waals surface area contributed by atoms with E-state index in [2.05, 4.69) is 10.6 Å². The normalized spacial score (nSPS) is 20.9. The van der Waals surface area contributed by atoms with Gasteiger partial charge in [0.2, 0.25) is 17.7 Å². The van der Waals surface area contributed by atoms with Gasteiger partial charge in [0.1, 0.15) is 24.4 Å². The molecule has 1 saturated heterocycles. The van der Waals surface area contributed by atoms with Gasteiger partial charge >= 0.3 is 6.18 Å². The topological polar surface area (TPSA) is 78.5 Å². The van der Waals surface area contributed by atoms with Gasteiger partial charge in [-0.3, -0.25) is 14.4 Å². The Hall–Kier alpha value is -3.57. The number of nitrogens with one attached hydrogen (secondary N) is 2. The summed E-state index contributed by atoms with van der Waals surface area (Å²) in [6.07, 6.45) is -5.34. The zero-order valence-corrected chi connectivity index (χ0v) is 19.9. The number of carbonyl (C=O) groups excluding carboxylic acids is 3. The lowest BCUT2D eigenvalue weighted by Crippen LogP contribution is -2.61. The van der Waals surface area contributed by atoms with Gasteiger partial charge in [0.25, 0.3) is 0 Å². The Morgan fingerprint density at radius 1 is 1.05 bits per heavy atom. The Morgan fingerprint density at radius 3 is 2.27 bits per heavy atom. The number of hydrogen-bond donors (Lipinski definition) is 2. The third-order valence-electron chi connectivity index (χ3n) is 6.24. The van der Waals surface area contributed by atoms with Crippen molar-refractivity contribution < 1.29 is 40.7 Å². The van der Waals surface area contributed by atoms with Crippen molar-refractivity contribution in [2.24, 2.45) is 0 Å². The fraction of sp³-hybridized carbons (Fsp3) is 0.400. The van der Waals surface area contributed by atoms with Crippen LogP contribution in [0.2, 0.25) is 0 Å². The largest absolute Gasteiger partial charge is 0.406 e. The van der Waals surface area contributed by atoms with Gasteiger partial charge in [-0.25, -0.2) is 13.2 Å². The summed E-state index contributed by atoms with van der Waals surface area (Å²) in [5.74, 6) is -8.15. The molecule has 6 nitrogen and oxygen atoms in total. The molecule has 0 spiro atoms. The highest BCUT2D eigenvalue weighted by Gasteiger charge is 2.47. The lowest BCUT2D eigenvalue weighted by Gasteiger charge is -2.43. The van der Waals surface area contributed by atoms with Crippen molar-refractivity contribution in [2.75, 3.05) is 6.54 Å². The van der Waals surface area contributed by atoms with Gasteiger partial charge in [0, 0.05) is 30.9 Å². The van der Waals surface area contributed by atoms with Crippen LogP contribution in [0.4, 0.5) is 26.3 Å². The molecule has 3 amide bonds. The number of alkyl halides is 3. The number of hydrogen-bond acceptors (Lipinski definition) is 3. The maximum atomic E-state index is 14.6. The average molecular weight is 529 g/mol. The van der Waals surface area contributed by atoms with Gasteiger partial charge in [0.15, 0.2) is 11.6 Å². The van der Waals surface area contributed by atoms with Crippen LogP contribution in [0.1, 0.15) is 37.3 Å². The number of amides is 3. The minimum absolute atomic E-state index is 0.00636. The summed E-state index contributed by atoms with van der Waals surface area (Å²) < 4.78 is 83.0. The molecule has 1 aliphatic heterocycles. The van der Waals surface area contributed by atoms with Gasteiger partial charge < -0.3 is 15.5 Å². The second-order valence-electron chi connectivity index (χ2n) is 8.92. The lowest BCUT2D eigenvalue weighted by molar-refractivity contribution is -0.171. The number of rotatable bonds is 7. The fourth-order valence-corrected chi connectivity index (χ4v) is 4.52. The van der Waals surface area contributed by atoms with Crippen LogP contribution in [0.5, 0.6) is 0 Å². The van der Waals surface area contributed by atoms with Crippen LogP contribution in [0.3, 0.4) is 0 Å². The van der Waals surface area contributed by atoms with Crippen molar-refractivity contribution in [3.63, 3.8) is 0 Å². The first-order valence-electron chi connectivity index (χ1n) is 11.4. The fourth-order valence-electron chi connectivity index (χ4n) is 4.52. The second kappa shape index (κ2) is 11.2. The molecule has 0 aliphatic carbocycles. The van der Waals surface area contributed by atoms with Crippen molar-refractivity contribution in [3.8, 4) is 0 Å². The first-order chi connectivity index (χ1) is 17.3. The van der Waals surface area contributed by atoms with E-state index in [0.717, 1.165) is 6.92 Å². The molecule has 0 unspecified atom stereocenters. The standard InChI is InChI=1S/C25H25F6N3O3/c1-13-16(21-17(26)8-9-18(27)22(21)28)11-20(24(37)34(13)12-25(29,30)31)33-23(36)19(32-14(2)35)10-15-6-4-3-5-7-15/h3-9,13,16,19-20H,10-12H2,1-2H3,(H,32,35)(H,33,36)/t13-,16-,19+,20+/m1/s1. The molecule has 0 bridgehead atoms. The number of benzene rings is 2. The number of likely N-dealkylation sites (tertiary alicyclic amines) is 1. The molecule has 1 fully saturated rings. The van der Waals surface area contributed by atoms with E-state index in [9.17, 15) is 40.7 Å². The molecule has 4 atom stereocenters. The summed E-state index contributed by atoms with van der Waals surface area (Å²) in [5.41, 5.74) is -0.158. The molecule has 37 heavy (non-hydrogen) atoms. The molecular formula is C25H25F6N3O3. The Morgan fingerprint density at radius 2 is 1.68 bits per heavy atom. The number of piperidine rings is 1. The Kier molecular flexibility index (Phi) is 8.49. The van der Waals surface area contributed by atoms with Gasteiger partial charge in [-0.05, 0) is 31.0 Å². The highest BCUT2D eigenvalue weighted by Crippen LogP contribution is 2.38. The van der Waals surface area contributed by atoms with E-state index in [0.29, 0.717) is 22.6 Å². The molecule has 12 heteroatoms. The second-order valence-corrected chi connectivity index (χ2v) is 8.92. The Balaban J connectivity index is 1.94. The van der Waals surface area contributed by atoms with E-state index in [1.807, 2.05) is 0 Å². The van der Waals surface area contributed by atoms with E-state index in [1.54, 1.807) is 30.3 Å². The molecule has 2 aromatic carbocycles. The first-order valence-corrected chi connectivity index (χ1v) is 11.4. The number of carbonyl (C=O) groups is 3. The number of halogens is 6. The smallest absolute Gasteiger partial charge is 0.344 e. The maximum absolute atomic E-state index is 14.6. The molecule has 200 valence electrons. The molecule has 0 aromatic heterocycles.